The highest BCUT2D eigenvalue weighted by Crippen LogP contribution is 2.42. The van der Waals surface area contributed by atoms with Gasteiger partial charge in [0.1, 0.15) is 6.04 Å². The number of aliphatic hydroxyl groups excluding tert-OH is 1. The highest BCUT2D eigenvalue weighted by Gasteiger charge is 2.39. The van der Waals surface area contributed by atoms with E-state index in [2.05, 4.69) is 78.3 Å². The molecular weight excluding hydrogens is 759 g/mol. The van der Waals surface area contributed by atoms with Gasteiger partial charge in [-0.25, -0.2) is 8.42 Å². The molecule has 6 atom stereocenters. The van der Waals surface area contributed by atoms with E-state index in [1.807, 2.05) is 85.8 Å². The quantitative estimate of drug-likeness (QED) is 0.0956. The van der Waals surface area contributed by atoms with E-state index < -0.39 is 28.3 Å². The largest absolute Gasteiger partial charge is 0.392 e. The van der Waals surface area contributed by atoms with E-state index in [4.69, 9.17) is 9.47 Å². The van der Waals surface area contributed by atoms with Gasteiger partial charge in [-0.05, 0) is 84.1 Å². The van der Waals surface area contributed by atoms with Crippen LogP contribution >= 0.6 is 0 Å². The Morgan fingerprint density at radius 1 is 0.763 bits per heavy atom. The first kappa shape index (κ1) is 41.9. The summed E-state index contributed by atoms with van der Waals surface area (Å²) in [7, 11) is -1.84. The van der Waals surface area contributed by atoms with Gasteiger partial charge < -0.3 is 19.9 Å². The fourth-order valence-corrected chi connectivity index (χ4v) is 8.80. The molecule has 1 amide bonds. The van der Waals surface area contributed by atoms with Crippen molar-refractivity contribution in [2.45, 2.75) is 75.8 Å². The second-order valence-corrected chi connectivity index (χ2v) is 17.4. The average Bonchev–Trinajstić information content (AvgIpc) is 3.26. The van der Waals surface area contributed by atoms with E-state index in [-0.39, 0.29) is 48.6 Å². The summed E-state index contributed by atoms with van der Waals surface area (Å²) in [4.78, 5) is 16.1. The molecule has 1 fully saturated rings. The van der Waals surface area contributed by atoms with E-state index in [1.165, 1.54) is 16.3 Å². The zero-order valence-corrected chi connectivity index (χ0v) is 34.8. The molecule has 0 spiro atoms. The smallest absolute Gasteiger partial charge is 0.241 e. The normalized spacial score (nSPS) is 19.4. The van der Waals surface area contributed by atoms with Crippen LogP contribution < -0.4 is 10.0 Å². The van der Waals surface area contributed by atoms with Crippen molar-refractivity contribution in [3.8, 4) is 0 Å². The van der Waals surface area contributed by atoms with Gasteiger partial charge in [0.25, 0.3) is 0 Å². The molecule has 6 aromatic carbocycles. The molecule has 0 unspecified atom stereocenters. The lowest BCUT2D eigenvalue weighted by molar-refractivity contribution is -0.276. The van der Waals surface area contributed by atoms with Crippen molar-refractivity contribution in [3.05, 3.63) is 185 Å². The van der Waals surface area contributed by atoms with Crippen LogP contribution in [-0.4, -0.2) is 50.1 Å². The summed E-state index contributed by atoms with van der Waals surface area (Å²) in [6.07, 6.45) is -0.904. The van der Waals surface area contributed by atoms with E-state index in [0.717, 1.165) is 33.4 Å². The third-order valence-corrected chi connectivity index (χ3v) is 12.9. The Hall–Kier alpha value is -5.20. The van der Waals surface area contributed by atoms with Crippen LogP contribution in [0, 0.1) is 12.8 Å². The number of likely N-dealkylation sites (N-methyl/N-ethyl adjacent to an activating group) is 1. The minimum Gasteiger partial charge on any atom is -0.392 e. The monoisotopic (exact) mass is 811 g/mol. The first-order chi connectivity index (χ1) is 28.5. The molecule has 1 aliphatic rings. The fourth-order valence-electron chi connectivity index (χ4n) is 7.61. The number of carbonyl (C=O) groups excluding carboxylic acids is 1. The van der Waals surface area contributed by atoms with Crippen LogP contribution in [0.2, 0.25) is 0 Å². The van der Waals surface area contributed by atoms with Crippen LogP contribution in [0.4, 0.5) is 0 Å². The number of aliphatic hydroxyl groups is 1. The lowest BCUT2D eigenvalue weighted by atomic mass is 9.89. The molecule has 1 saturated heterocycles. The second-order valence-electron chi connectivity index (χ2n) is 15.7. The van der Waals surface area contributed by atoms with Crippen LogP contribution in [0.15, 0.2) is 150 Å². The maximum Gasteiger partial charge on any atom is 0.241 e. The van der Waals surface area contributed by atoms with Crippen molar-refractivity contribution in [3.63, 3.8) is 0 Å². The summed E-state index contributed by atoms with van der Waals surface area (Å²) in [6.45, 7) is 7.10. The van der Waals surface area contributed by atoms with Gasteiger partial charge in [0.2, 0.25) is 15.9 Å². The molecule has 0 aliphatic carbocycles. The topological polar surface area (TPSA) is 117 Å². The molecule has 3 N–H and O–H groups in total. The Kier molecular flexibility index (Phi) is 13.4. The van der Waals surface area contributed by atoms with Crippen LogP contribution in [0.1, 0.15) is 71.2 Å². The molecule has 1 aliphatic heterocycles. The Morgan fingerprint density at radius 3 is 2.10 bits per heavy atom. The van der Waals surface area contributed by atoms with Crippen LogP contribution in [0.3, 0.4) is 0 Å². The number of fused-ring (bicyclic) bond motifs is 1. The van der Waals surface area contributed by atoms with Crippen molar-refractivity contribution in [1.82, 2.24) is 14.9 Å². The molecule has 6 aromatic rings. The molecule has 0 aromatic heterocycles. The highest BCUT2D eigenvalue weighted by atomic mass is 32.2. The third-order valence-electron chi connectivity index (χ3n) is 11.5. The van der Waals surface area contributed by atoms with Crippen molar-refractivity contribution < 1.29 is 27.8 Å². The van der Waals surface area contributed by atoms with Crippen molar-refractivity contribution in [1.29, 1.82) is 0 Å². The van der Waals surface area contributed by atoms with Crippen LogP contribution in [0.5, 0.6) is 0 Å². The summed E-state index contributed by atoms with van der Waals surface area (Å²) in [5, 5.41) is 15.1. The Morgan fingerprint density at radius 2 is 1.41 bits per heavy atom. The molecule has 0 bridgehead atoms. The fraction of sp³-hybridized carbons (Fsp3) is 0.286. The van der Waals surface area contributed by atoms with E-state index in [9.17, 15) is 18.3 Å². The van der Waals surface area contributed by atoms with Crippen molar-refractivity contribution >= 4 is 26.7 Å². The summed E-state index contributed by atoms with van der Waals surface area (Å²) in [6, 6.07) is 45.7. The third kappa shape index (κ3) is 10.3. The number of hydrogen-bond donors (Lipinski definition) is 3. The first-order valence-electron chi connectivity index (χ1n) is 20.2. The van der Waals surface area contributed by atoms with Gasteiger partial charge in [-0.15, -0.1) is 0 Å². The summed E-state index contributed by atoms with van der Waals surface area (Å²) >= 11 is 0. The Bertz CT molecular complexity index is 2430. The van der Waals surface area contributed by atoms with Crippen molar-refractivity contribution in [2.75, 3.05) is 13.6 Å². The summed E-state index contributed by atoms with van der Waals surface area (Å²) in [5.41, 5.74) is 6.53. The Labute approximate surface area is 348 Å². The summed E-state index contributed by atoms with van der Waals surface area (Å²) < 4.78 is 42.9. The second kappa shape index (κ2) is 18.8. The minimum absolute atomic E-state index is 0.0132. The van der Waals surface area contributed by atoms with Gasteiger partial charge in [-0.3, -0.25) is 9.69 Å². The molecule has 10 heteroatoms. The standard InChI is InChI=1S/C49H53N3O6S/c1-33-14-26-44(27-15-33)59(55,56)51-45(28-36-10-6-5-7-11-36)48(54)50-30-37-16-22-41(23-17-37)49-57-46(34(2)47(58-49)40-20-18-38(32-53)19-21-40)31-52(4)35(3)42-25-24-39-12-8-9-13-43(39)29-42/h5-27,29,34-35,45-47,49,51,53H,28,30-32H2,1-4H3,(H,50,54)/t34-,35-,45-,46+,47+,49+/m1/s1. The van der Waals surface area contributed by atoms with Crippen molar-refractivity contribution in [2.24, 2.45) is 5.92 Å². The van der Waals surface area contributed by atoms with Crippen LogP contribution in [-0.2, 0) is 43.9 Å². The maximum atomic E-state index is 13.7. The maximum absolute atomic E-state index is 13.7. The molecule has 9 nitrogen and oxygen atoms in total. The number of ether oxygens (including phenoxy) is 2. The van der Waals surface area contributed by atoms with Gasteiger partial charge >= 0.3 is 0 Å². The van der Waals surface area contributed by atoms with E-state index >= 15 is 0 Å². The van der Waals surface area contributed by atoms with Crippen LogP contribution in [0.25, 0.3) is 10.8 Å². The average molecular weight is 812 g/mol. The predicted molar refractivity (Wildman–Crippen MR) is 232 cm³/mol. The highest BCUT2D eigenvalue weighted by molar-refractivity contribution is 7.89. The number of rotatable bonds is 15. The van der Waals surface area contributed by atoms with Gasteiger partial charge in [0, 0.05) is 30.6 Å². The lowest BCUT2D eigenvalue weighted by Gasteiger charge is -2.43. The SMILES string of the molecule is Cc1ccc(S(=O)(=O)N[C@H](Cc2ccccc2)C(=O)NCc2ccc([C@H]3O[C@@H](CN(C)[C@H](C)c4ccc5ccccc5c4)[C@@H](C)[C@@H](c4ccc(CO)cc4)O3)cc2)cc1. The number of aryl methyl sites for hydroxylation is 1. The molecule has 0 saturated carbocycles. The minimum atomic E-state index is -3.97. The number of benzene rings is 6. The number of nitrogens with zero attached hydrogens (tertiary/aromatic N) is 1. The van der Waals surface area contributed by atoms with E-state index in [0.29, 0.717) is 6.54 Å². The van der Waals surface area contributed by atoms with Gasteiger partial charge in [0.15, 0.2) is 6.29 Å². The number of nitrogens with one attached hydrogen (secondary N) is 2. The van der Waals surface area contributed by atoms with Gasteiger partial charge in [0.05, 0.1) is 23.7 Å². The van der Waals surface area contributed by atoms with Gasteiger partial charge in [-0.2, -0.15) is 4.72 Å². The predicted octanol–water partition coefficient (Wildman–Crippen LogP) is 8.33. The van der Waals surface area contributed by atoms with E-state index in [1.54, 1.807) is 24.3 Å². The molecule has 1 heterocycles. The molecular formula is C49H53N3O6S. The first-order valence-corrected chi connectivity index (χ1v) is 21.6. The number of hydrogen-bond acceptors (Lipinski definition) is 7. The lowest BCUT2D eigenvalue weighted by Crippen LogP contribution is -2.47. The number of amides is 1. The zero-order chi connectivity index (χ0) is 41.5. The molecule has 0 radical (unpaired) electrons. The van der Waals surface area contributed by atoms with Gasteiger partial charge in [-0.1, -0.05) is 140 Å². The molecule has 59 heavy (non-hydrogen) atoms. The Balaban J connectivity index is 1.06. The number of sulfonamides is 1. The molecule has 7 rings (SSSR count). The number of carbonyl (C=O) groups is 1. The summed E-state index contributed by atoms with van der Waals surface area (Å²) in [5.74, 6) is -0.416. The zero-order valence-electron chi connectivity index (χ0n) is 34.0. The molecule has 306 valence electrons.